The summed E-state index contributed by atoms with van der Waals surface area (Å²) in [5, 5.41) is 5.00. The normalized spacial score (nSPS) is 10.0. The molecule has 0 unspecified atom stereocenters. The fourth-order valence-electron chi connectivity index (χ4n) is 1.95. The first-order valence-electron chi connectivity index (χ1n) is 7.07. The van der Waals surface area contributed by atoms with Crippen molar-refractivity contribution in [3.8, 4) is 0 Å². The summed E-state index contributed by atoms with van der Waals surface area (Å²) in [6, 6.07) is 13.0. The second-order valence-corrected chi connectivity index (χ2v) is 5.19. The van der Waals surface area contributed by atoms with Crippen molar-refractivity contribution in [1.82, 2.24) is 0 Å². The molecule has 0 heterocycles. The maximum Gasteiger partial charge on any atom is 0.233 e. The molecule has 2 N–H and O–H groups in total. The van der Waals surface area contributed by atoms with Crippen molar-refractivity contribution in [3.63, 3.8) is 0 Å². The highest BCUT2D eigenvalue weighted by Gasteiger charge is 2.11. The van der Waals surface area contributed by atoms with Crippen LogP contribution in [0.1, 0.15) is 6.42 Å². The minimum atomic E-state index is -0.572. The number of hydrogen-bond donors (Lipinski definition) is 2. The molecule has 0 radical (unpaired) electrons. The molecule has 5 nitrogen and oxygen atoms in total. The van der Waals surface area contributed by atoms with E-state index >= 15 is 0 Å². The van der Waals surface area contributed by atoms with E-state index in [0.717, 1.165) is 5.69 Å². The fourth-order valence-corrected chi connectivity index (χ4v) is 1.95. The van der Waals surface area contributed by atoms with Crippen LogP contribution in [0.5, 0.6) is 0 Å². The second-order valence-electron chi connectivity index (χ2n) is 5.19. The molecule has 2 amide bonds. The molecule has 120 valence electrons. The van der Waals surface area contributed by atoms with Crippen molar-refractivity contribution in [1.29, 1.82) is 0 Å². The largest absolute Gasteiger partial charge is 0.378 e. The highest BCUT2D eigenvalue weighted by Crippen LogP contribution is 2.16. The van der Waals surface area contributed by atoms with Gasteiger partial charge in [0.15, 0.2) is 0 Å². The molecule has 6 heteroatoms. The lowest BCUT2D eigenvalue weighted by atomic mass is 10.2. The van der Waals surface area contributed by atoms with E-state index < -0.39 is 17.6 Å². The van der Waals surface area contributed by atoms with E-state index in [-0.39, 0.29) is 12.1 Å². The Bertz CT molecular complexity index is 699. The molecule has 0 aliphatic heterocycles. The third-order valence-corrected chi connectivity index (χ3v) is 3.14. The van der Waals surface area contributed by atoms with Crippen LogP contribution in [-0.2, 0) is 9.59 Å². The molecule has 0 aliphatic rings. The van der Waals surface area contributed by atoms with Gasteiger partial charge in [0.05, 0.1) is 5.69 Å². The number of benzene rings is 2. The van der Waals surface area contributed by atoms with Crippen LogP contribution in [0.4, 0.5) is 21.5 Å². The number of halogens is 1. The van der Waals surface area contributed by atoms with Gasteiger partial charge in [-0.25, -0.2) is 4.39 Å². The molecule has 2 aromatic rings. The minimum absolute atomic E-state index is 0.0561. The Hall–Kier alpha value is -2.89. The molecule has 0 bridgehead atoms. The Labute approximate surface area is 134 Å². The van der Waals surface area contributed by atoms with Crippen LogP contribution in [0.2, 0.25) is 0 Å². The summed E-state index contributed by atoms with van der Waals surface area (Å²) in [4.78, 5) is 25.5. The van der Waals surface area contributed by atoms with Gasteiger partial charge >= 0.3 is 0 Å². The molecule has 0 saturated heterocycles. The van der Waals surface area contributed by atoms with Gasteiger partial charge in [-0.15, -0.1) is 0 Å². The van der Waals surface area contributed by atoms with Gasteiger partial charge in [0.25, 0.3) is 0 Å². The van der Waals surface area contributed by atoms with E-state index in [1.165, 1.54) is 18.2 Å². The van der Waals surface area contributed by atoms with Crippen LogP contribution in [0.3, 0.4) is 0 Å². The minimum Gasteiger partial charge on any atom is -0.378 e. The number of rotatable bonds is 5. The second kappa shape index (κ2) is 7.40. The van der Waals surface area contributed by atoms with Gasteiger partial charge in [0, 0.05) is 25.5 Å². The smallest absolute Gasteiger partial charge is 0.233 e. The van der Waals surface area contributed by atoms with Crippen LogP contribution in [-0.4, -0.2) is 25.9 Å². The topological polar surface area (TPSA) is 61.4 Å². The molecule has 23 heavy (non-hydrogen) atoms. The summed E-state index contributed by atoms with van der Waals surface area (Å²) in [5.74, 6) is -1.57. The summed E-state index contributed by atoms with van der Waals surface area (Å²) in [6.45, 7) is 0. The predicted octanol–water partition coefficient (Wildman–Crippen LogP) is 2.86. The lowest BCUT2D eigenvalue weighted by molar-refractivity contribution is -0.123. The number of nitrogens with zero attached hydrogens (tertiary/aromatic N) is 1. The van der Waals surface area contributed by atoms with Crippen molar-refractivity contribution in [2.24, 2.45) is 0 Å². The Balaban J connectivity index is 1.89. The van der Waals surface area contributed by atoms with Gasteiger partial charge < -0.3 is 15.5 Å². The molecule has 2 aromatic carbocycles. The first kappa shape index (κ1) is 16.5. The summed E-state index contributed by atoms with van der Waals surface area (Å²) < 4.78 is 13.4. The molecule has 0 spiro atoms. The lowest BCUT2D eigenvalue weighted by Crippen LogP contribution is -2.21. The lowest BCUT2D eigenvalue weighted by Gasteiger charge is -2.13. The van der Waals surface area contributed by atoms with E-state index in [4.69, 9.17) is 0 Å². The zero-order valence-electron chi connectivity index (χ0n) is 13.0. The van der Waals surface area contributed by atoms with Gasteiger partial charge in [-0.1, -0.05) is 12.1 Å². The number of anilines is 3. The molecule has 0 aromatic heterocycles. The third kappa shape index (κ3) is 4.81. The first-order valence-corrected chi connectivity index (χ1v) is 7.07. The number of amides is 2. The zero-order valence-corrected chi connectivity index (χ0v) is 13.0. The average molecular weight is 315 g/mol. The van der Waals surface area contributed by atoms with Crippen molar-refractivity contribution in [2.45, 2.75) is 6.42 Å². The summed E-state index contributed by atoms with van der Waals surface area (Å²) in [6.07, 6.45) is -0.385. The van der Waals surface area contributed by atoms with Gasteiger partial charge in [0.1, 0.15) is 12.2 Å². The number of nitrogens with one attached hydrogen (secondary N) is 2. The number of carbonyl (C=O) groups is 2. The monoisotopic (exact) mass is 315 g/mol. The van der Waals surface area contributed by atoms with Crippen molar-refractivity contribution < 1.29 is 14.0 Å². The Morgan fingerprint density at radius 2 is 1.57 bits per heavy atom. The van der Waals surface area contributed by atoms with Crippen LogP contribution in [0.25, 0.3) is 0 Å². The molecule has 0 saturated carbocycles. The summed E-state index contributed by atoms with van der Waals surface area (Å²) >= 11 is 0. The van der Waals surface area contributed by atoms with Crippen LogP contribution >= 0.6 is 0 Å². The number of carbonyl (C=O) groups excluding carboxylic acids is 2. The standard InChI is InChI=1S/C17H18FN3O2/c1-21(2)13-9-7-12(8-10-13)19-16(22)11-17(23)20-15-6-4-3-5-14(15)18/h3-10H,11H2,1-2H3,(H,19,22)(H,20,23). The van der Waals surface area contributed by atoms with E-state index in [0.29, 0.717) is 5.69 Å². The quantitative estimate of drug-likeness (QED) is 0.834. The maximum absolute atomic E-state index is 13.4. The fraction of sp³-hybridized carbons (Fsp3) is 0.176. The highest BCUT2D eigenvalue weighted by molar-refractivity contribution is 6.08. The maximum atomic E-state index is 13.4. The molecule has 0 aliphatic carbocycles. The third-order valence-electron chi connectivity index (χ3n) is 3.14. The first-order chi connectivity index (χ1) is 11.0. The van der Waals surface area contributed by atoms with Gasteiger partial charge in [-0.05, 0) is 36.4 Å². The molecular weight excluding hydrogens is 297 g/mol. The molecule has 0 atom stereocenters. The number of hydrogen-bond acceptors (Lipinski definition) is 3. The van der Waals surface area contributed by atoms with Crippen LogP contribution in [0, 0.1) is 5.82 Å². The van der Waals surface area contributed by atoms with Gasteiger partial charge in [0.2, 0.25) is 11.8 Å². The summed E-state index contributed by atoms with van der Waals surface area (Å²) in [7, 11) is 3.83. The average Bonchev–Trinajstić information content (AvgIpc) is 2.50. The Kier molecular flexibility index (Phi) is 5.30. The van der Waals surface area contributed by atoms with Crippen molar-refractivity contribution in [2.75, 3.05) is 29.6 Å². The SMILES string of the molecule is CN(C)c1ccc(NC(=O)CC(=O)Nc2ccccc2F)cc1. The van der Waals surface area contributed by atoms with Crippen molar-refractivity contribution in [3.05, 3.63) is 54.3 Å². The highest BCUT2D eigenvalue weighted by atomic mass is 19.1. The molecule has 0 fully saturated rings. The van der Waals surface area contributed by atoms with Crippen molar-refractivity contribution >= 4 is 28.9 Å². The van der Waals surface area contributed by atoms with E-state index in [2.05, 4.69) is 10.6 Å². The van der Waals surface area contributed by atoms with Crippen LogP contribution in [0.15, 0.2) is 48.5 Å². The van der Waals surface area contributed by atoms with Crippen LogP contribution < -0.4 is 15.5 Å². The van der Waals surface area contributed by atoms with Gasteiger partial charge in [-0.2, -0.15) is 0 Å². The molecular formula is C17H18FN3O2. The molecule has 2 rings (SSSR count). The van der Waals surface area contributed by atoms with E-state index in [1.54, 1.807) is 18.2 Å². The van der Waals surface area contributed by atoms with Gasteiger partial charge in [-0.3, -0.25) is 9.59 Å². The van der Waals surface area contributed by atoms with E-state index in [9.17, 15) is 14.0 Å². The Morgan fingerprint density at radius 1 is 0.957 bits per heavy atom. The summed E-state index contributed by atoms with van der Waals surface area (Å²) in [5.41, 5.74) is 1.65. The number of para-hydroxylation sites is 1. The van der Waals surface area contributed by atoms with E-state index in [1.807, 2.05) is 31.1 Å². The Morgan fingerprint density at radius 3 is 2.17 bits per heavy atom. The zero-order chi connectivity index (χ0) is 16.8. The predicted molar refractivity (Wildman–Crippen MR) is 89.0 cm³/mol.